The SMILES string of the molecule is CCOC(=O)C(=O)[C@H]1C[C@@H](c2ccccc2)O[C@H]1c1cccs1. The Kier molecular flexibility index (Phi) is 4.88. The highest BCUT2D eigenvalue weighted by molar-refractivity contribution is 7.10. The molecule has 0 unspecified atom stereocenters. The van der Waals surface area contributed by atoms with E-state index in [4.69, 9.17) is 9.47 Å². The van der Waals surface area contributed by atoms with Gasteiger partial charge in [-0.25, -0.2) is 4.79 Å². The lowest BCUT2D eigenvalue weighted by molar-refractivity contribution is -0.156. The van der Waals surface area contributed by atoms with Crippen molar-refractivity contribution in [3.05, 3.63) is 58.3 Å². The normalized spacial score (nSPS) is 23.6. The van der Waals surface area contributed by atoms with Gasteiger partial charge in [0.15, 0.2) is 0 Å². The second-order valence-corrected chi connectivity index (χ2v) is 6.38. The molecule has 2 heterocycles. The minimum Gasteiger partial charge on any atom is -0.460 e. The lowest BCUT2D eigenvalue weighted by Crippen LogP contribution is -2.27. The first kappa shape index (κ1) is 15.9. The first-order valence-electron chi connectivity index (χ1n) is 7.65. The molecule has 0 saturated carbocycles. The van der Waals surface area contributed by atoms with Crippen LogP contribution in [0.1, 0.15) is 36.0 Å². The highest BCUT2D eigenvalue weighted by Crippen LogP contribution is 2.46. The Hall–Kier alpha value is -1.98. The van der Waals surface area contributed by atoms with E-state index >= 15 is 0 Å². The third kappa shape index (κ3) is 3.35. The van der Waals surface area contributed by atoms with E-state index in [-0.39, 0.29) is 12.7 Å². The van der Waals surface area contributed by atoms with E-state index in [2.05, 4.69) is 0 Å². The number of ketones is 1. The summed E-state index contributed by atoms with van der Waals surface area (Å²) in [5, 5.41) is 1.94. The minimum absolute atomic E-state index is 0.188. The van der Waals surface area contributed by atoms with Gasteiger partial charge in [0.05, 0.1) is 18.6 Å². The van der Waals surface area contributed by atoms with Crippen LogP contribution in [0.4, 0.5) is 0 Å². The van der Waals surface area contributed by atoms with Crippen LogP contribution in [0.2, 0.25) is 0 Å². The number of carbonyl (C=O) groups excluding carboxylic acids is 2. The molecule has 120 valence electrons. The molecule has 0 aliphatic carbocycles. The fourth-order valence-electron chi connectivity index (χ4n) is 2.88. The predicted molar refractivity (Wildman–Crippen MR) is 87.1 cm³/mol. The average Bonchev–Trinajstić information content (AvgIpc) is 3.24. The van der Waals surface area contributed by atoms with Gasteiger partial charge in [0.25, 0.3) is 0 Å². The summed E-state index contributed by atoms with van der Waals surface area (Å²) in [5.74, 6) is -1.77. The molecule has 0 spiro atoms. The Balaban J connectivity index is 1.86. The van der Waals surface area contributed by atoms with Gasteiger partial charge in [-0.2, -0.15) is 0 Å². The van der Waals surface area contributed by atoms with Gasteiger partial charge < -0.3 is 9.47 Å². The van der Waals surface area contributed by atoms with E-state index in [1.54, 1.807) is 6.92 Å². The number of carbonyl (C=O) groups is 2. The highest BCUT2D eigenvalue weighted by Gasteiger charge is 2.44. The molecule has 4 nitrogen and oxygen atoms in total. The van der Waals surface area contributed by atoms with E-state index in [1.807, 2.05) is 47.8 Å². The average molecular weight is 330 g/mol. The van der Waals surface area contributed by atoms with Crippen molar-refractivity contribution in [1.82, 2.24) is 0 Å². The van der Waals surface area contributed by atoms with Crippen molar-refractivity contribution in [2.45, 2.75) is 25.6 Å². The van der Waals surface area contributed by atoms with Gasteiger partial charge in [-0.3, -0.25) is 4.79 Å². The largest absolute Gasteiger partial charge is 0.460 e. The second-order valence-electron chi connectivity index (χ2n) is 5.40. The molecule has 1 aromatic heterocycles. The predicted octanol–water partition coefficient (Wildman–Crippen LogP) is 3.70. The van der Waals surface area contributed by atoms with Crippen molar-refractivity contribution in [2.24, 2.45) is 5.92 Å². The van der Waals surface area contributed by atoms with E-state index in [9.17, 15) is 9.59 Å². The highest BCUT2D eigenvalue weighted by atomic mass is 32.1. The topological polar surface area (TPSA) is 52.6 Å². The quantitative estimate of drug-likeness (QED) is 0.619. The van der Waals surface area contributed by atoms with Crippen molar-refractivity contribution in [3.8, 4) is 0 Å². The molecule has 2 aromatic rings. The van der Waals surface area contributed by atoms with Crippen LogP contribution in [-0.2, 0) is 19.1 Å². The van der Waals surface area contributed by atoms with Crippen molar-refractivity contribution in [3.63, 3.8) is 0 Å². The van der Waals surface area contributed by atoms with Crippen molar-refractivity contribution < 1.29 is 19.1 Å². The monoisotopic (exact) mass is 330 g/mol. The molecule has 0 radical (unpaired) electrons. The van der Waals surface area contributed by atoms with Crippen LogP contribution in [-0.4, -0.2) is 18.4 Å². The van der Waals surface area contributed by atoms with E-state index < -0.39 is 23.8 Å². The zero-order valence-corrected chi connectivity index (χ0v) is 13.6. The number of rotatable bonds is 5. The molecule has 1 saturated heterocycles. The van der Waals surface area contributed by atoms with Crippen molar-refractivity contribution in [1.29, 1.82) is 0 Å². The zero-order valence-electron chi connectivity index (χ0n) is 12.8. The summed E-state index contributed by atoms with van der Waals surface area (Å²) < 4.78 is 11.0. The summed E-state index contributed by atoms with van der Waals surface area (Å²) in [6.07, 6.45) is -0.0895. The summed E-state index contributed by atoms with van der Waals surface area (Å²) >= 11 is 1.53. The van der Waals surface area contributed by atoms with Gasteiger partial charge >= 0.3 is 5.97 Å². The number of hydrogen-bond acceptors (Lipinski definition) is 5. The molecule has 5 heteroatoms. The van der Waals surface area contributed by atoms with Crippen LogP contribution in [0.25, 0.3) is 0 Å². The van der Waals surface area contributed by atoms with Gasteiger partial charge in [0, 0.05) is 4.88 Å². The van der Waals surface area contributed by atoms with Crippen LogP contribution in [0.5, 0.6) is 0 Å². The maximum absolute atomic E-state index is 12.5. The number of esters is 1. The maximum atomic E-state index is 12.5. The third-order valence-electron chi connectivity index (χ3n) is 3.95. The fraction of sp³-hybridized carbons (Fsp3) is 0.333. The van der Waals surface area contributed by atoms with E-state index in [1.165, 1.54) is 11.3 Å². The lowest BCUT2D eigenvalue weighted by atomic mass is 9.92. The number of Topliss-reactive ketones (excluding diaryl/α,β-unsaturated/α-hetero) is 1. The summed E-state index contributed by atoms with van der Waals surface area (Å²) in [4.78, 5) is 25.3. The molecule has 0 N–H and O–H groups in total. The smallest absolute Gasteiger partial charge is 0.375 e. The Morgan fingerprint density at radius 1 is 1.22 bits per heavy atom. The molecular formula is C18H18O4S. The molecule has 0 amide bonds. The summed E-state index contributed by atoms with van der Waals surface area (Å²) in [6, 6.07) is 13.6. The zero-order chi connectivity index (χ0) is 16.2. The Labute approximate surface area is 139 Å². The second kappa shape index (κ2) is 7.06. The molecule has 1 aliphatic heterocycles. The maximum Gasteiger partial charge on any atom is 0.375 e. The van der Waals surface area contributed by atoms with Crippen LogP contribution >= 0.6 is 11.3 Å². The van der Waals surface area contributed by atoms with Gasteiger partial charge in [-0.05, 0) is 30.4 Å². The fourth-order valence-corrected chi connectivity index (χ4v) is 3.71. The van der Waals surface area contributed by atoms with Crippen LogP contribution in [0, 0.1) is 5.92 Å². The number of ether oxygens (including phenoxy) is 2. The van der Waals surface area contributed by atoms with Gasteiger partial charge in [-0.15, -0.1) is 11.3 Å². The molecule has 1 fully saturated rings. The van der Waals surface area contributed by atoms with Crippen LogP contribution < -0.4 is 0 Å². The first-order chi connectivity index (χ1) is 11.2. The van der Waals surface area contributed by atoms with Crippen LogP contribution in [0.15, 0.2) is 47.8 Å². The molecular weight excluding hydrogens is 312 g/mol. The minimum atomic E-state index is -0.767. The molecule has 3 rings (SSSR count). The summed E-state index contributed by atoms with van der Waals surface area (Å²) in [6.45, 7) is 1.89. The molecule has 1 aromatic carbocycles. The van der Waals surface area contributed by atoms with Crippen molar-refractivity contribution >= 4 is 23.1 Å². The Morgan fingerprint density at radius 3 is 2.65 bits per heavy atom. The third-order valence-corrected chi connectivity index (χ3v) is 4.89. The van der Waals surface area contributed by atoms with Crippen LogP contribution in [0.3, 0.4) is 0 Å². The number of benzene rings is 1. The molecule has 1 aliphatic rings. The molecule has 3 atom stereocenters. The molecule has 0 bridgehead atoms. The number of thiophene rings is 1. The van der Waals surface area contributed by atoms with Gasteiger partial charge in [0.1, 0.15) is 6.10 Å². The standard InChI is InChI=1S/C18H18O4S/c1-2-21-18(20)16(19)13-11-14(12-7-4-3-5-8-12)22-17(13)15-9-6-10-23-15/h3-10,13-14,17H,2,11H2,1H3/t13-,14+,17-/m1/s1. The summed E-state index contributed by atoms with van der Waals surface area (Å²) in [7, 11) is 0. The first-order valence-corrected chi connectivity index (χ1v) is 8.53. The lowest BCUT2D eigenvalue weighted by Gasteiger charge is -2.15. The van der Waals surface area contributed by atoms with E-state index in [0.29, 0.717) is 6.42 Å². The number of hydrogen-bond donors (Lipinski definition) is 0. The van der Waals surface area contributed by atoms with Gasteiger partial charge in [-0.1, -0.05) is 36.4 Å². The molecule has 23 heavy (non-hydrogen) atoms. The van der Waals surface area contributed by atoms with Gasteiger partial charge in [0.2, 0.25) is 5.78 Å². The Morgan fingerprint density at radius 2 is 2.00 bits per heavy atom. The van der Waals surface area contributed by atoms with E-state index in [0.717, 1.165) is 10.4 Å². The summed E-state index contributed by atoms with van der Waals surface area (Å²) in [5.41, 5.74) is 1.02. The van der Waals surface area contributed by atoms with Crippen molar-refractivity contribution in [2.75, 3.05) is 6.61 Å². The Bertz CT molecular complexity index is 666.